The van der Waals surface area contributed by atoms with Crippen LogP contribution in [0.5, 0.6) is 0 Å². The SMILES string of the molecule is Cn1nccc1C(=O)NCC[C@@H]1CCOC12CN(Cc1ccco1)C2. The Morgan fingerprint density at radius 1 is 1.44 bits per heavy atom. The first-order chi connectivity index (χ1) is 12.2. The number of carbonyl (C=O) groups is 1. The first-order valence-corrected chi connectivity index (χ1v) is 8.81. The van der Waals surface area contributed by atoms with Gasteiger partial charge in [-0.25, -0.2) is 0 Å². The molecule has 0 aromatic carbocycles. The van der Waals surface area contributed by atoms with E-state index in [-0.39, 0.29) is 11.5 Å². The summed E-state index contributed by atoms with van der Waals surface area (Å²) in [6, 6.07) is 5.66. The molecule has 134 valence electrons. The smallest absolute Gasteiger partial charge is 0.269 e. The quantitative estimate of drug-likeness (QED) is 0.858. The van der Waals surface area contributed by atoms with E-state index >= 15 is 0 Å². The highest BCUT2D eigenvalue weighted by Gasteiger charge is 2.52. The van der Waals surface area contributed by atoms with Gasteiger partial charge in [-0.2, -0.15) is 5.10 Å². The number of hydrogen-bond acceptors (Lipinski definition) is 5. The van der Waals surface area contributed by atoms with E-state index in [1.165, 1.54) is 0 Å². The molecule has 0 unspecified atom stereocenters. The van der Waals surface area contributed by atoms with Crippen LogP contribution >= 0.6 is 0 Å². The van der Waals surface area contributed by atoms with Crippen LogP contribution in [0.2, 0.25) is 0 Å². The molecule has 1 N–H and O–H groups in total. The van der Waals surface area contributed by atoms with E-state index < -0.39 is 0 Å². The van der Waals surface area contributed by atoms with E-state index in [1.807, 2.05) is 12.1 Å². The summed E-state index contributed by atoms with van der Waals surface area (Å²) in [7, 11) is 1.77. The number of hydrogen-bond donors (Lipinski definition) is 1. The standard InChI is InChI=1S/C18H24N4O3/c1-21-16(5-8-20-21)17(23)19-7-4-14-6-10-25-18(14)12-22(13-18)11-15-3-2-9-24-15/h2-3,5,8-9,14H,4,6-7,10-13H2,1H3,(H,19,23)/t14-/m1/s1. The van der Waals surface area contributed by atoms with Gasteiger partial charge in [-0.1, -0.05) is 0 Å². The number of carbonyl (C=O) groups excluding carboxylic acids is 1. The van der Waals surface area contributed by atoms with Gasteiger partial charge in [0.15, 0.2) is 0 Å². The fourth-order valence-corrected chi connectivity index (χ4v) is 4.03. The van der Waals surface area contributed by atoms with Crippen LogP contribution in [0, 0.1) is 5.92 Å². The lowest BCUT2D eigenvalue weighted by atomic mass is 9.79. The van der Waals surface area contributed by atoms with Crippen molar-refractivity contribution < 1.29 is 13.9 Å². The van der Waals surface area contributed by atoms with Gasteiger partial charge in [-0.05, 0) is 37.0 Å². The van der Waals surface area contributed by atoms with Crippen LogP contribution < -0.4 is 5.32 Å². The predicted octanol–water partition coefficient (Wildman–Crippen LogP) is 1.42. The van der Waals surface area contributed by atoms with Gasteiger partial charge >= 0.3 is 0 Å². The molecule has 2 saturated heterocycles. The fraction of sp³-hybridized carbons (Fsp3) is 0.556. The molecule has 1 spiro atoms. The Morgan fingerprint density at radius 3 is 3.04 bits per heavy atom. The van der Waals surface area contributed by atoms with Crippen LogP contribution in [0.4, 0.5) is 0 Å². The predicted molar refractivity (Wildman–Crippen MR) is 90.9 cm³/mol. The van der Waals surface area contributed by atoms with E-state index in [1.54, 1.807) is 30.3 Å². The molecular formula is C18H24N4O3. The molecule has 1 amide bonds. The maximum Gasteiger partial charge on any atom is 0.269 e. The van der Waals surface area contributed by atoms with Gasteiger partial charge in [0, 0.05) is 39.5 Å². The molecule has 2 aliphatic heterocycles. The summed E-state index contributed by atoms with van der Waals surface area (Å²) in [5.41, 5.74) is 0.551. The Hall–Kier alpha value is -2.12. The molecule has 4 heterocycles. The molecular weight excluding hydrogens is 320 g/mol. The van der Waals surface area contributed by atoms with E-state index in [4.69, 9.17) is 9.15 Å². The lowest BCUT2D eigenvalue weighted by molar-refractivity contribution is -0.138. The maximum absolute atomic E-state index is 12.2. The van der Waals surface area contributed by atoms with Gasteiger partial charge in [0.05, 0.1) is 18.4 Å². The van der Waals surface area contributed by atoms with E-state index in [0.717, 1.165) is 44.8 Å². The number of rotatable bonds is 6. The van der Waals surface area contributed by atoms with Crippen molar-refractivity contribution in [3.63, 3.8) is 0 Å². The number of aromatic nitrogens is 2. The van der Waals surface area contributed by atoms with Crippen molar-refractivity contribution >= 4 is 5.91 Å². The molecule has 2 aromatic heterocycles. The van der Waals surface area contributed by atoms with Crippen LogP contribution in [-0.4, -0.2) is 52.4 Å². The number of furan rings is 1. The number of nitrogens with zero attached hydrogens (tertiary/aromatic N) is 3. The topological polar surface area (TPSA) is 72.5 Å². The third-order valence-corrected chi connectivity index (χ3v) is 5.37. The molecule has 0 saturated carbocycles. The van der Waals surface area contributed by atoms with Crippen LogP contribution in [0.3, 0.4) is 0 Å². The third-order valence-electron chi connectivity index (χ3n) is 5.37. The number of likely N-dealkylation sites (tertiary alicyclic amines) is 1. The van der Waals surface area contributed by atoms with Gasteiger partial charge in [0.1, 0.15) is 11.5 Å². The highest BCUT2D eigenvalue weighted by atomic mass is 16.5. The lowest BCUT2D eigenvalue weighted by Crippen LogP contribution is -2.64. The van der Waals surface area contributed by atoms with Crippen molar-refractivity contribution in [3.8, 4) is 0 Å². The molecule has 25 heavy (non-hydrogen) atoms. The average Bonchev–Trinajstić information content (AvgIpc) is 3.28. The van der Waals surface area contributed by atoms with E-state index in [9.17, 15) is 4.79 Å². The second-order valence-electron chi connectivity index (χ2n) is 7.01. The normalized spacial score (nSPS) is 22.2. The van der Waals surface area contributed by atoms with Gasteiger partial charge in [0.25, 0.3) is 5.91 Å². The monoisotopic (exact) mass is 344 g/mol. The molecule has 0 radical (unpaired) electrons. The maximum atomic E-state index is 12.2. The summed E-state index contributed by atoms with van der Waals surface area (Å²) in [4.78, 5) is 14.5. The molecule has 7 heteroatoms. The zero-order valence-corrected chi connectivity index (χ0v) is 14.5. The van der Waals surface area contributed by atoms with Crippen LogP contribution in [-0.2, 0) is 18.3 Å². The molecule has 0 aliphatic carbocycles. The van der Waals surface area contributed by atoms with Gasteiger partial charge in [0.2, 0.25) is 0 Å². The third kappa shape index (κ3) is 3.21. The summed E-state index contributed by atoms with van der Waals surface area (Å²) in [5.74, 6) is 1.42. The van der Waals surface area contributed by atoms with Gasteiger partial charge in [-0.15, -0.1) is 0 Å². The summed E-state index contributed by atoms with van der Waals surface area (Å²) >= 11 is 0. The van der Waals surface area contributed by atoms with Crippen molar-refractivity contribution in [2.24, 2.45) is 13.0 Å². The van der Waals surface area contributed by atoms with Crippen molar-refractivity contribution in [1.82, 2.24) is 20.0 Å². The molecule has 7 nitrogen and oxygen atoms in total. The number of ether oxygens (including phenoxy) is 1. The summed E-state index contributed by atoms with van der Waals surface area (Å²) in [6.07, 6.45) is 5.36. The molecule has 2 aromatic rings. The second kappa shape index (κ2) is 6.65. The first kappa shape index (κ1) is 16.4. The average molecular weight is 344 g/mol. The Kier molecular flexibility index (Phi) is 4.35. The Balaban J connectivity index is 1.25. The molecule has 2 fully saturated rings. The lowest BCUT2D eigenvalue weighted by Gasteiger charge is -2.50. The summed E-state index contributed by atoms with van der Waals surface area (Å²) < 4.78 is 13.1. The zero-order valence-electron chi connectivity index (χ0n) is 14.5. The van der Waals surface area contributed by atoms with Crippen molar-refractivity contribution in [3.05, 3.63) is 42.1 Å². The molecule has 4 rings (SSSR count). The second-order valence-corrected chi connectivity index (χ2v) is 7.01. The highest BCUT2D eigenvalue weighted by molar-refractivity contribution is 5.92. The number of nitrogens with one attached hydrogen (secondary N) is 1. The van der Waals surface area contributed by atoms with Crippen LogP contribution in [0.25, 0.3) is 0 Å². The van der Waals surface area contributed by atoms with Gasteiger partial charge < -0.3 is 14.5 Å². The molecule has 0 bridgehead atoms. The minimum atomic E-state index is -0.0685. The highest BCUT2D eigenvalue weighted by Crippen LogP contribution is 2.42. The largest absolute Gasteiger partial charge is 0.468 e. The summed E-state index contributed by atoms with van der Waals surface area (Å²) in [5, 5.41) is 7.03. The Bertz CT molecular complexity index is 719. The van der Waals surface area contributed by atoms with Crippen molar-refractivity contribution in [2.75, 3.05) is 26.2 Å². The minimum Gasteiger partial charge on any atom is -0.468 e. The van der Waals surface area contributed by atoms with Crippen LogP contribution in [0.1, 0.15) is 29.1 Å². The summed E-state index contributed by atoms with van der Waals surface area (Å²) in [6.45, 7) is 4.19. The van der Waals surface area contributed by atoms with E-state index in [2.05, 4.69) is 15.3 Å². The minimum absolute atomic E-state index is 0.0378. The zero-order chi connectivity index (χ0) is 17.3. The number of amides is 1. The number of aryl methyl sites for hydroxylation is 1. The first-order valence-electron chi connectivity index (χ1n) is 8.81. The van der Waals surface area contributed by atoms with E-state index in [0.29, 0.717) is 18.2 Å². The van der Waals surface area contributed by atoms with Crippen LogP contribution in [0.15, 0.2) is 35.1 Å². The Labute approximate surface area is 146 Å². The van der Waals surface area contributed by atoms with Gasteiger partial charge in [-0.3, -0.25) is 14.4 Å². The molecule has 1 atom stereocenters. The fourth-order valence-electron chi connectivity index (χ4n) is 4.03. The Morgan fingerprint density at radius 2 is 2.32 bits per heavy atom. The van der Waals surface area contributed by atoms with Crippen molar-refractivity contribution in [1.29, 1.82) is 0 Å². The molecule has 2 aliphatic rings. The van der Waals surface area contributed by atoms with Crippen molar-refractivity contribution in [2.45, 2.75) is 25.0 Å².